The normalized spacial score (nSPS) is 12.7. The monoisotopic (exact) mass is 387 g/mol. The van der Waals surface area contributed by atoms with Crippen LogP contribution in [-0.2, 0) is 24.4 Å². The standard InChI is InChI=1S/C24H21NO4/c1-16-8-10-19(11-9-16)25-14-21-20(24(25)28)6-3-7-22(21)29-15-18-5-2-4-17(12-18)13-23(26)27/h2-12H,13-15H2,1H3,(H,26,27). The summed E-state index contributed by atoms with van der Waals surface area (Å²) in [5, 5.41) is 8.96. The van der Waals surface area contributed by atoms with Crippen molar-refractivity contribution in [2.24, 2.45) is 0 Å². The minimum absolute atomic E-state index is 0.0193. The number of carboxylic acids is 1. The summed E-state index contributed by atoms with van der Waals surface area (Å²) in [6, 6.07) is 20.8. The Balaban J connectivity index is 1.53. The van der Waals surface area contributed by atoms with E-state index in [1.807, 2.05) is 67.6 Å². The van der Waals surface area contributed by atoms with Gasteiger partial charge in [0.2, 0.25) is 0 Å². The number of nitrogens with zero attached hydrogens (tertiary/aromatic N) is 1. The highest BCUT2D eigenvalue weighted by Crippen LogP contribution is 2.34. The first-order chi connectivity index (χ1) is 14.0. The third-order valence-electron chi connectivity index (χ3n) is 5.01. The van der Waals surface area contributed by atoms with Gasteiger partial charge in [-0.2, -0.15) is 0 Å². The number of anilines is 1. The molecule has 0 radical (unpaired) electrons. The van der Waals surface area contributed by atoms with Gasteiger partial charge in [-0.05, 0) is 42.3 Å². The molecular weight excluding hydrogens is 366 g/mol. The molecule has 29 heavy (non-hydrogen) atoms. The first kappa shape index (κ1) is 18.7. The molecule has 0 fully saturated rings. The van der Waals surface area contributed by atoms with Crippen molar-refractivity contribution in [1.29, 1.82) is 0 Å². The zero-order valence-electron chi connectivity index (χ0n) is 16.1. The molecule has 0 saturated heterocycles. The summed E-state index contributed by atoms with van der Waals surface area (Å²) < 4.78 is 6.02. The van der Waals surface area contributed by atoms with Gasteiger partial charge in [-0.15, -0.1) is 0 Å². The summed E-state index contributed by atoms with van der Waals surface area (Å²) >= 11 is 0. The van der Waals surface area contributed by atoms with Crippen molar-refractivity contribution in [2.75, 3.05) is 4.90 Å². The lowest BCUT2D eigenvalue weighted by Gasteiger charge is -2.16. The summed E-state index contributed by atoms with van der Waals surface area (Å²) in [7, 11) is 0. The number of hydrogen-bond donors (Lipinski definition) is 1. The van der Waals surface area contributed by atoms with Gasteiger partial charge in [-0.3, -0.25) is 9.59 Å². The zero-order chi connectivity index (χ0) is 20.4. The highest BCUT2D eigenvalue weighted by Gasteiger charge is 2.30. The summed E-state index contributed by atoms with van der Waals surface area (Å²) in [4.78, 5) is 25.5. The van der Waals surface area contributed by atoms with Crippen molar-refractivity contribution >= 4 is 17.6 Å². The third kappa shape index (κ3) is 3.99. The Morgan fingerprint density at radius 3 is 2.52 bits per heavy atom. The van der Waals surface area contributed by atoms with Crippen LogP contribution < -0.4 is 9.64 Å². The van der Waals surface area contributed by atoms with Gasteiger partial charge in [0.25, 0.3) is 5.91 Å². The first-order valence-electron chi connectivity index (χ1n) is 9.44. The molecule has 1 aliphatic rings. The predicted molar refractivity (Wildman–Crippen MR) is 110 cm³/mol. The number of aliphatic carboxylic acids is 1. The average molecular weight is 387 g/mol. The van der Waals surface area contributed by atoms with E-state index in [4.69, 9.17) is 9.84 Å². The van der Waals surface area contributed by atoms with E-state index in [-0.39, 0.29) is 12.3 Å². The molecule has 0 aliphatic carbocycles. The molecule has 0 bridgehead atoms. The topological polar surface area (TPSA) is 66.8 Å². The number of aryl methyl sites for hydroxylation is 1. The molecule has 1 aliphatic heterocycles. The Bertz CT molecular complexity index is 1070. The Labute approximate surface area is 169 Å². The summed E-state index contributed by atoms with van der Waals surface area (Å²) in [5.74, 6) is -0.217. The lowest BCUT2D eigenvalue weighted by Crippen LogP contribution is -2.22. The highest BCUT2D eigenvalue weighted by atomic mass is 16.5. The van der Waals surface area contributed by atoms with Gasteiger partial charge in [-0.1, -0.05) is 48.0 Å². The van der Waals surface area contributed by atoms with Crippen molar-refractivity contribution in [3.8, 4) is 5.75 Å². The fourth-order valence-corrected chi connectivity index (χ4v) is 3.54. The molecule has 0 saturated carbocycles. The first-order valence-corrected chi connectivity index (χ1v) is 9.44. The maximum atomic E-state index is 12.9. The Kier molecular flexibility index (Phi) is 5.04. The fourth-order valence-electron chi connectivity index (χ4n) is 3.54. The number of rotatable bonds is 6. The SMILES string of the molecule is Cc1ccc(N2Cc3c(OCc4cccc(CC(=O)O)c4)cccc3C2=O)cc1. The van der Waals surface area contributed by atoms with Crippen LogP contribution in [0.1, 0.15) is 32.6 Å². The summed E-state index contributed by atoms with van der Waals surface area (Å²) in [6.45, 7) is 2.79. The van der Waals surface area contributed by atoms with E-state index >= 15 is 0 Å². The van der Waals surface area contributed by atoms with E-state index in [0.29, 0.717) is 24.5 Å². The fraction of sp³-hybridized carbons (Fsp3) is 0.167. The molecule has 1 amide bonds. The molecule has 5 heteroatoms. The molecule has 3 aromatic carbocycles. The van der Waals surface area contributed by atoms with E-state index in [1.165, 1.54) is 0 Å². The molecular formula is C24H21NO4. The Morgan fingerprint density at radius 2 is 1.76 bits per heavy atom. The number of ether oxygens (including phenoxy) is 1. The lowest BCUT2D eigenvalue weighted by atomic mass is 10.1. The molecule has 1 heterocycles. The van der Waals surface area contributed by atoms with E-state index < -0.39 is 5.97 Å². The lowest BCUT2D eigenvalue weighted by molar-refractivity contribution is -0.136. The number of carbonyl (C=O) groups is 2. The number of carbonyl (C=O) groups excluding carboxylic acids is 1. The maximum absolute atomic E-state index is 12.9. The van der Waals surface area contributed by atoms with Gasteiger partial charge in [0, 0.05) is 16.8 Å². The van der Waals surface area contributed by atoms with Crippen LogP contribution in [0.3, 0.4) is 0 Å². The van der Waals surface area contributed by atoms with Crippen LogP contribution in [0.25, 0.3) is 0 Å². The molecule has 0 unspecified atom stereocenters. The van der Waals surface area contributed by atoms with Gasteiger partial charge in [-0.25, -0.2) is 0 Å². The molecule has 0 spiro atoms. The number of hydrogen-bond acceptors (Lipinski definition) is 3. The van der Waals surface area contributed by atoms with Crippen molar-refractivity contribution in [2.45, 2.75) is 26.5 Å². The van der Waals surface area contributed by atoms with Crippen molar-refractivity contribution < 1.29 is 19.4 Å². The van der Waals surface area contributed by atoms with E-state index in [9.17, 15) is 9.59 Å². The van der Waals surface area contributed by atoms with E-state index in [0.717, 1.165) is 27.9 Å². The largest absolute Gasteiger partial charge is 0.489 e. The van der Waals surface area contributed by atoms with Gasteiger partial charge >= 0.3 is 5.97 Å². The number of fused-ring (bicyclic) bond motifs is 1. The Morgan fingerprint density at radius 1 is 1.03 bits per heavy atom. The summed E-state index contributed by atoms with van der Waals surface area (Å²) in [6.07, 6.45) is -0.0193. The van der Waals surface area contributed by atoms with Crippen LogP contribution in [0.2, 0.25) is 0 Å². The molecule has 4 rings (SSSR count). The highest BCUT2D eigenvalue weighted by molar-refractivity contribution is 6.10. The van der Waals surface area contributed by atoms with E-state index in [1.54, 1.807) is 11.0 Å². The average Bonchev–Trinajstić information content (AvgIpc) is 3.04. The molecule has 146 valence electrons. The Hall–Kier alpha value is -3.60. The second-order valence-corrected chi connectivity index (χ2v) is 7.19. The van der Waals surface area contributed by atoms with Crippen LogP contribution in [0.5, 0.6) is 5.75 Å². The van der Waals surface area contributed by atoms with Gasteiger partial charge in [0.1, 0.15) is 12.4 Å². The van der Waals surface area contributed by atoms with Gasteiger partial charge in [0.05, 0.1) is 13.0 Å². The zero-order valence-corrected chi connectivity index (χ0v) is 16.1. The molecule has 0 aromatic heterocycles. The van der Waals surface area contributed by atoms with E-state index in [2.05, 4.69) is 0 Å². The van der Waals surface area contributed by atoms with Crippen molar-refractivity contribution in [3.63, 3.8) is 0 Å². The van der Waals surface area contributed by atoms with Gasteiger partial charge < -0.3 is 14.7 Å². The number of amides is 1. The second kappa shape index (κ2) is 7.80. The van der Waals surface area contributed by atoms with Crippen molar-refractivity contribution in [1.82, 2.24) is 0 Å². The number of carboxylic acid groups (broad SMARTS) is 1. The summed E-state index contributed by atoms with van der Waals surface area (Å²) in [5.41, 5.74) is 5.16. The van der Waals surface area contributed by atoms with Crippen LogP contribution in [-0.4, -0.2) is 17.0 Å². The molecule has 3 aromatic rings. The minimum atomic E-state index is -0.862. The predicted octanol–water partition coefficient (Wildman–Crippen LogP) is 4.36. The number of benzene rings is 3. The molecule has 1 N–H and O–H groups in total. The minimum Gasteiger partial charge on any atom is -0.489 e. The molecule has 0 atom stereocenters. The van der Waals surface area contributed by atoms with Crippen LogP contribution in [0.15, 0.2) is 66.7 Å². The van der Waals surface area contributed by atoms with Crippen LogP contribution in [0.4, 0.5) is 5.69 Å². The van der Waals surface area contributed by atoms with Crippen LogP contribution >= 0.6 is 0 Å². The smallest absolute Gasteiger partial charge is 0.307 e. The van der Waals surface area contributed by atoms with Crippen molar-refractivity contribution in [3.05, 3.63) is 94.5 Å². The quantitative estimate of drug-likeness (QED) is 0.682. The molecule has 5 nitrogen and oxygen atoms in total. The third-order valence-corrected chi connectivity index (χ3v) is 5.01. The van der Waals surface area contributed by atoms with Gasteiger partial charge in [0.15, 0.2) is 0 Å². The second-order valence-electron chi connectivity index (χ2n) is 7.19. The van der Waals surface area contributed by atoms with Crippen LogP contribution in [0, 0.1) is 6.92 Å². The maximum Gasteiger partial charge on any atom is 0.307 e.